The van der Waals surface area contributed by atoms with Crippen LogP contribution in [0.5, 0.6) is 0 Å². The largest absolute Gasteiger partial charge is 0.389 e. The molecule has 3 heteroatoms. The Balaban J connectivity index is 3.46. The van der Waals surface area contributed by atoms with Crippen LogP contribution in [0.1, 0.15) is 33.6 Å². The Morgan fingerprint density at radius 2 is 2.09 bits per heavy atom. The molecule has 3 nitrogen and oxygen atoms in total. The number of carbonyl (C=O) groups is 1. The molecule has 0 bridgehead atoms. The monoisotopic (exact) mass is 159 g/mol. The number of hydrogen-bond donors (Lipinski definition) is 2. The molecule has 0 saturated carbocycles. The van der Waals surface area contributed by atoms with E-state index in [0.717, 1.165) is 6.42 Å². The van der Waals surface area contributed by atoms with Gasteiger partial charge >= 0.3 is 0 Å². The number of rotatable bonds is 4. The number of amides is 1. The third kappa shape index (κ3) is 7.33. The maximum atomic E-state index is 10.9. The summed E-state index contributed by atoms with van der Waals surface area (Å²) in [5, 5.41) is 11.9. The normalized spacial score (nSPS) is 11.3. The van der Waals surface area contributed by atoms with Gasteiger partial charge < -0.3 is 10.4 Å². The molecule has 0 aliphatic rings. The van der Waals surface area contributed by atoms with Gasteiger partial charge in [-0.15, -0.1) is 0 Å². The van der Waals surface area contributed by atoms with Gasteiger partial charge in [0, 0.05) is 13.0 Å². The summed E-state index contributed by atoms with van der Waals surface area (Å²) in [5.41, 5.74) is -0.802. The van der Waals surface area contributed by atoms with E-state index in [9.17, 15) is 9.90 Å². The van der Waals surface area contributed by atoms with Crippen molar-refractivity contribution in [1.82, 2.24) is 5.32 Å². The summed E-state index contributed by atoms with van der Waals surface area (Å²) >= 11 is 0. The lowest BCUT2D eigenvalue weighted by atomic mass is 10.1. The fourth-order valence-electron chi connectivity index (χ4n) is 0.630. The molecule has 0 fully saturated rings. The van der Waals surface area contributed by atoms with Crippen LogP contribution in [-0.4, -0.2) is 23.2 Å². The zero-order valence-electron chi connectivity index (χ0n) is 7.48. The third-order valence-electron chi connectivity index (χ3n) is 1.20. The van der Waals surface area contributed by atoms with Crippen LogP contribution in [0.4, 0.5) is 0 Å². The van der Waals surface area contributed by atoms with Crippen LogP contribution in [0.15, 0.2) is 0 Å². The molecule has 0 radical (unpaired) electrons. The highest BCUT2D eigenvalue weighted by atomic mass is 16.3. The molecule has 0 atom stereocenters. The Kier molecular flexibility index (Phi) is 4.11. The first-order chi connectivity index (χ1) is 4.95. The van der Waals surface area contributed by atoms with E-state index in [1.807, 2.05) is 6.92 Å². The number of carbonyl (C=O) groups excluding carboxylic acids is 1. The third-order valence-corrected chi connectivity index (χ3v) is 1.20. The zero-order chi connectivity index (χ0) is 8.91. The number of hydrogen-bond acceptors (Lipinski definition) is 2. The summed E-state index contributed by atoms with van der Waals surface area (Å²) in [6.45, 7) is 5.61. The van der Waals surface area contributed by atoms with Crippen LogP contribution in [0.3, 0.4) is 0 Å². The van der Waals surface area contributed by atoms with Crippen molar-refractivity contribution in [3.8, 4) is 0 Å². The van der Waals surface area contributed by atoms with Crippen LogP contribution in [0, 0.1) is 0 Å². The lowest BCUT2D eigenvalue weighted by Gasteiger charge is -2.17. The molecular formula is C8H17NO2. The van der Waals surface area contributed by atoms with E-state index >= 15 is 0 Å². The second-order valence-electron chi connectivity index (χ2n) is 3.34. The lowest BCUT2D eigenvalue weighted by molar-refractivity contribution is -0.122. The van der Waals surface area contributed by atoms with E-state index in [-0.39, 0.29) is 5.91 Å². The summed E-state index contributed by atoms with van der Waals surface area (Å²) in [5.74, 6) is 0.00891. The van der Waals surface area contributed by atoms with Crippen molar-refractivity contribution in [2.45, 2.75) is 39.2 Å². The van der Waals surface area contributed by atoms with E-state index in [4.69, 9.17) is 0 Å². The molecule has 0 spiro atoms. The Bertz CT molecular complexity index is 127. The molecule has 66 valence electrons. The Morgan fingerprint density at radius 1 is 1.55 bits per heavy atom. The van der Waals surface area contributed by atoms with E-state index in [2.05, 4.69) is 5.32 Å². The lowest BCUT2D eigenvalue weighted by Crippen LogP contribution is -2.37. The van der Waals surface area contributed by atoms with E-state index < -0.39 is 5.60 Å². The number of aliphatic hydroxyl groups is 1. The van der Waals surface area contributed by atoms with E-state index in [0.29, 0.717) is 13.0 Å². The summed E-state index contributed by atoms with van der Waals surface area (Å²) < 4.78 is 0. The first-order valence-corrected chi connectivity index (χ1v) is 3.95. The Hall–Kier alpha value is -0.570. The van der Waals surface area contributed by atoms with Crippen molar-refractivity contribution in [2.24, 2.45) is 0 Å². The summed E-state index contributed by atoms with van der Waals surface area (Å²) in [6.07, 6.45) is 1.38. The molecule has 0 rings (SSSR count). The van der Waals surface area contributed by atoms with Crippen molar-refractivity contribution < 1.29 is 9.90 Å². The van der Waals surface area contributed by atoms with Crippen molar-refractivity contribution in [1.29, 1.82) is 0 Å². The summed E-state index contributed by atoms with van der Waals surface area (Å²) in [4.78, 5) is 10.9. The minimum atomic E-state index is -0.802. The van der Waals surface area contributed by atoms with Gasteiger partial charge in [0.1, 0.15) is 0 Å². The average Bonchev–Trinajstić information content (AvgIpc) is 1.83. The maximum Gasteiger partial charge on any atom is 0.220 e. The van der Waals surface area contributed by atoms with Crippen LogP contribution in [0.2, 0.25) is 0 Å². The van der Waals surface area contributed by atoms with Crippen molar-refractivity contribution in [3.05, 3.63) is 0 Å². The fraction of sp³-hybridized carbons (Fsp3) is 0.875. The van der Waals surface area contributed by atoms with E-state index in [1.165, 1.54) is 0 Å². The molecule has 0 aliphatic heterocycles. The molecule has 0 aromatic heterocycles. The van der Waals surface area contributed by atoms with Gasteiger partial charge in [-0.1, -0.05) is 6.92 Å². The van der Waals surface area contributed by atoms with Gasteiger partial charge in [-0.05, 0) is 20.3 Å². The van der Waals surface area contributed by atoms with Gasteiger partial charge in [0.2, 0.25) is 5.91 Å². The van der Waals surface area contributed by atoms with Gasteiger partial charge in [0.15, 0.2) is 0 Å². The van der Waals surface area contributed by atoms with E-state index in [1.54, 1.807) is 13.8 Å². The predicted octanol–water partition coefficient (Wildman–Crippen LogP) is 0.674. The maximum absolute atomic E-state index is 10.9. The second-order valence-corrected chi connectivity index (χ2v) is 3.34. The second kappa shape index (κ2) is 4.34. The average molecular weight is 159 g/mol. The highest BCUT2D eigenvalue weighted by Crippen LogP contribution is 1.97. The molecule has 0 aliphatic carbocycles. The summed E-state index contributed by atoms with van der Waals surface area (Å²) in [6, 6.07) is 0. The number of nitrogens with one attached hydrogen (secondary N) is 1. The van der Waals surface area contributed by atoms with Crippen LogP contribution in [-0.2, 0) is 4.79 Å². The minimum absolute atomic E-state index is 0.00891. The van der Waals surface area contributed by atoms with Crippen LogP contribution < -0.4 is 5.32 Å². The molecular weight excluding hydrogens is 142 g/mol. The van der Waals surface area contributed by atoms with Crippen molar-refractivity contribution >= 4 is 5.91 Å². The van der Waals surface area contributed by atoms with Crippen LogP contribution >= 0.6 is 0 Å². The van der Waals surface area contributed by atoms with Crippen molar-refractivity contribution in [3.63, 3.8) is 0 Å². The molecule has 0 aromatic carbocycles. The molecule has 0 heterocycles. The van der Waals surface area contributed by atoms with Crippen LogP contribution in [0.25, 0.3) is 0 Å². The SMILES string of the molecule is CCCC(=O)NCC(C)(C)O. The molecule has 11 heavy (non-hydrogen) atoms. The molecule has 0 unspecified atom stereocenters. The molecule has 1 amide bonds. The quantitative estimate of drug-likeness (QED) is 0.633. The summed E-state index contributed by atoms with van der Waals surface area (Å²) in [7, 11) is 0. The predicted molar refractivity (Wildman–Crippen MR) is 44.2 cm³/mol. The highest BCUT2D eigenvalue weighted by molar-refractivity contribution is 5.75. The molecule has 0 aromatic rings. The minimum Gasteiger partial charge on any atom is -0.389 e. The highest BCUT2D eigenvalue weighted by Gasteiger charge is 2.12. The van der Waals surface area contributed by atoms with Gasteiger partial charge in [0.25, 0.3) is 0 Å². The van der Waals surface area contributed by atoms with Crippen molar-refractivity contribution in [2.75, 3.05) is 6.54 Å². The van der Waals surface area contributed by atoms with Gasteiger partial charge in [-0.25, -0.2) is 0 Å². The first kappa shape index (κ1) is 10.4. The first-order valence-electron chi connectivity index (χ1n) is 3.95. The standard InChI is InChI=1S/C8H17NO2/c1-4-5-7(10)9-6-8(2,3)11/h11H,4-6H2,1-3H3,(H,9,10). The Morgan fingerprint density at radius 3 is 2.45 bits per heavy atom. The van der Waals surface area contributed by atoms with Gasteiger partial charge in [-0.2, -0.15) is 0 Å². The molecule has 0 saturated heterocycles. The smallest absolute Gasteiger partial charge is 0.220 e. The van der Waals surface area contributed by atoms with Gasteiger partial charge in [-0.3, -0.25) is 4.79 Å². The fourth-order valence-corrected chi connectivity index (χ4v) is 0.630. The topological polar surface area (TPSA) is 49.3 Å². The Labute approximate surface area is 67.8 Å². The molecule has 2 N–H and O–H groups in total. The van der Waals surface area contributed by atoms with Gasteiger partial charge in [0.05, 0.1) is 5.60 Å². The zero-order valence-corrected chi connectivity index (χ0v) is 7.48.